The molecule has 1 aromatic heterocycles. The predicted molar refractivity (Wildman–Crippen MR) is 105 cm³/mol. The summed E-state index contributed by atoms with van der Waals surface area (Å²) >= 11 is 0. The Balaban J connectivity index is 1.58. The number of piperazine rings is 1. The molecule has 31 heavy (non-hydrogen) atoms. The third-order valence-electron chi connectivity index (χ3n) is 5.99. The molecule has 2 amide bonds. The van der Waals surface area contributed by atoms with E-state index in [0.29, 0.717) is 11.3 Å². The minimum Gasteiger partial charge on any atom is -0.395 e. The van der Waals surface area contributed by atoms with E-state index in [1.165, 1.54) is 30.1 Å². The number of para-hydroxylation sites is 1. The van der Waals surface area contributed by atoms with Crippen molar-refractivity contribution >= 4 is 22.7 Å². The van der Waals surface area contributed by atoms with Gasteiger partial charge >= 0.3 is 6.29 Å². The first-order valence-corrected chi connectivity index (χ1v) is 9.68. The van der Waals surface area contributed by atoms with Gasteiger partial charge in [-0.3, -0.25) is 9.59 Å². The molecule has 4 heterocycles. The molecule has 3 aliphatic rings. The summed E-state index contributed by atoms with van der Waals surface area (Å²) in [6.45, 7) is -2.56. The molecule has 0 saturated carbocycles. The van der Waals surface area contributed by atoms with Crippen molar-refractivity contribution in [2.75, 3.05) is 13.5 Å². The second kappa shape index (κ2) is 5.96. The first kappa shape index (κ1) is 16.1. The quantitative estimate of drug-likeness (QED) is 0.648. The number of carbonyl (C=O) groups excluding carboxylic acids is 2. The summed E-state index contributed by atoms with van der Waals surface area (Å²) in [7, 11) is 1.26. The van der Waals surface area contributed by atoms with Crippen LogP contribution in [0.25, 0.3) is 10.9 Å². The zero-order valence-corrected chi connectivity index (χ0v) is 16.2. The SMILES string of the molecule is [2H]C1([2H])C(=O)N2[C@H](c3ccc4c(c3)OC(F)(F)O4)c3[nH]c4ccccc4c3C[C@@H]2C(=O)N1C. The molecule has 0 bridgehead atoms. The Bertz CT molecular complexity index is 1360. The molecular formula is C22H17F2N3O4. The zero-order valence-electron chi connectivity index (χ0n) is 18.2. The van der Waals surface area contributed by atoms with Crippen LogP contribution < -0.4 is 9.47 Å². The Morgan fingerprint density at radius 2 is 1.94 bits per heavy atom. The predicted octanol–water partition coefficient (Wildman–Crippen LogP) is 2.80. The maximum absolute atomic E-state index is 13.6. The Kier molecular flexibility index (Phi) is 3.10. The first-order chi connectivity index (χ1) is 15.6. The molecule has 3 aliphatic heterocycles. The van der Waals surface area contributed by atoms with E-state index < -0.39 is 36.7 Å². The van der Waals surface area contributed by atoms with Gasteiger partial charge in [-0.2, -0.15) is 0 Å². The lowest BCUT2D eigenvalue weighted by Gasteiger charge is -2.46. The lowest BCUT2D eigenvalue weighted by molar-refractivity contribution is -0.286. The van der Waals surface area contributed by atoms with E-state index in [4.69, 9.17) is 2.74 Å². The lowest BCUT2D eigenvalue weighted by atomic mass is 9.86. The minimum atomic E-state index is -3.81. The number of aromatic amines is 1. The summed E-state index contributed by atoms with van der Waals surface area (Å²) < 4.78 is 52.8. The number of benzene rings is 2. The van der Waals surface area contributed by atoms with E-state index in [2.05, 4.69) is 14.5 Å². The highest BCUT2D eigenvalue weighted by Crippen LogP contribution is 2.46. The Morgan fingerprint density at radius 1 is 1.16 bits per heavy atom. The molecule has 2 aromatic carbocycles. The second-order valence-electron chi connectivity index (χ2n) is 7.78. The van der Waals surface area contributed by atoms with Crippen molar-refractivity contribution in [1.29, 1.82) is 0 Å². The molecule has 0 aliphatic carbocycles. The standard InChI is InChI=1S/C22H17F2N3O4/c1-26-10-18(28)27-15(21(26)29)9-13-12-4-2-3-5-14(12)25-19(13)20(27)11-6-7-16-17(8-11)31-22(23,24)30-16/h2-8,15,20,25H,9-10H2,1H3/t15-,20-/m1/s1/i10D2. The Labute approximate surface area is 177 Å². The van der Waals surface area contributed by atoms with E-state index >= 15 is 0 Å². The highest BCUT2D eigenvalue weighted by Gasteiger charge is 2.48. The van der Waals surface area contributed by atoms with Gasteiger partial charge in [-0.15, -0.1) is 8.78 Å². The number of fused-ring (bicyclic) bond motifs is 5. The van der Waals surface area contributed by atoms with E-state index in [-0.39, 0.29) is 17.9 Å². The van der Waals surface area contributed by atoms with Crippen LogP contribution in [0.15, 0.2) is 42.5 Å². The molecule has 1 saturated heterocycles. The zero-order chi connectivity index (χ0) is 23.3. The molecule has 0 radical (unpaired) electrons. The van der Waals surface area contributed by atoms with Crippen molar-refractivity contribution in [1.82, 2.24) is 14.8 Å². The number of aromatic nitrogens is 1. The topological polar surface area (TPSA) is 74.9 Å². The Morgan fingerprint density at radius 3 is 2.77 bits per heavy atom. The summed E-state index contributed by atoms with van der Waals surface area (Å²) in [4.78, 5) is 31.9. The maximum atomic E-state index is 13.6. The van der Waals surface area contributed by atoms with E-state index in [1.54, 1.807) is 0 Å². The van der Waals surface area contributed by atoms with Gasteiger partial charge in [0, 0.05) is 30.1 Å². The fraction of sp³-hybridized carbons (Fsp3) is 0.273. The molecule has 0 spiro atoms. The van der Waals surface area contributed by atoms with Crippen molar-refractivity contribution in [3.05, 3.63) is 59.3 Å². The number of likely N-dealkylation sites (N-methyl/N-ethyl adjacent to an activating group) is 1. The average Bonchev–Trinajstić information content (AvgIpc) is 3.30. The number of H-pyrrole nitrogens is 1. The molecule has 7 nitrogen and oxygen atoms in total. The van der Waals surface area contributed by atoms with Crippen LogP contribution in [0, 0.1) is 0 Å². The summed E-state index contributed by atoms with van der Waals surface area (Å²) in [5.74, 6) is -1.77. The van der Waals surface area contributed by atoms with Crippen molar-refractivity contribution in [2.45, 2.75) is 24.8 Å². The van der Waals surface area contributed by atoms with Crippen LogP contribution in [0.4, 0.5) is 8.78 Å². The number of nitrogens with zero attached hydrogens (tertiary/aromatic N) is 2. The highest BCUT2D eigenvalue weighted by atomic mass is 19.3. The summed E-state index contributed by atoms with van der Waals surface area (Å²) in [5, 5.41) is 0.876. The second-order valence-corrected chi connectivity index (χ2v) is 7.78. The fourth-order valence-corrected chi connectivity index (χ4v) is 4.69. The van der Waals surface area contributed by atoms with Gasteiger partial charge in [-0.25, -0.2) is 0 Å². The Hall–Kier alpha value is -3.62. The number of rotatable bonds is 1. The third-order valence-corrected chi connectivity index (χ3v) is 5.99. The maximum Gasteiger partial charge on any atom is 0.586 e. The minimum absolute atomic E-state index is 0.149. The highest BCUT2D eigenvalue weighted by molar-refractivity contribution is 5.97. The van der Waals surface area contributed by atoms with Gasteiger partial charge in [0.15, 0.2) is 11.5 Å². The van der Waals surface area contributed by atoms with Gasteiger partial charge in [-0.1, -0.05) is 24.3 Å². The van der Waals surface area contributed by atoms with E-state index in [9.17, 15) is 18.4 Å². The molecule has 1 fully saturated rings. The molecular weight excluding hydrogens is 408 g/mol. The van der Waals surface area contributed by atoms with Gasteiger partial charge in [0.25, 0.3) is 0 Å². The number of alkyl halides is 2. The average molecular weight is 427 g/mol. The molecule has 2 atom stereocenters. The van der Waals surface area contributed by atoms with Crippen LogP contribution in [-0.2, 0) is 16.0 Å². The van der Waals surface area contributed by atoms with Crippen LogP contribution in [0.5, 0.6) is 11.5 Å². The number of carbonyl (C=O) groups is 2. The molecule has 9 heteroatoms. The number of nitrogens with one attached hydrogen (secondary N) is 1. The summed E-state index contributed by atoms with van der Waals surface area (Å²) in [6.07, 6.45) is -3.61. The van der Waals surface area contributed by atoms with Crippen LogP contribution in [0.3, 0.4) is 0 Å². The smallest absolute Gasteiger partial charge is 0.395 e. The lowest BCUT2D eigenvalue weighted by Crippen LogP contribution is -2.62. The first-order valence-electron chi connectivity index (χ1n) is 10.7. The largest absolute Gasteiger partial charge is 0.586 e. The van der Waals surface area contributed by atoms with Gasteiger partial charge < -0.3 is 24.3 Å². The van der Waals surface area contributed by atoms with Crippen molar-refractivity contribution in [3.8, 4) is 11.5 Å². The summed E-state index contributed by atoms with van der Waals surface area (Å²) in [5.41, 5.74) is 2.58. The number of amides is 2. The molecule has 158 valence electrons. The van der Waals surface area contributed by atoms with Gasteiger partial charge in [-0.05, 0) is 29.3 Å². The van der Waals surface area contributed by atoms with Crippen LogP contribution >= 0.6 is 0 Å². The fourth-order valence-electron chi connectivity index (χ4n) is 4.69. The van der Waals surface area contributed by atoms with Gasteiger partial charge in [0.2, 0.25) is 11.8 Å². The normalized spacial score (nSPS) is 26.4. The van der Waals surface area contributed by atoms with E-state index in [1.807, 2.05) is 24.3 Å². The van der Waals surface area contributed by atoms with Gasteiger partial charge in [0.05, 0.1) is 15.3 Å². The number of hydrogen-bond donors (Lipinski definition) is 1. The number of halogens is 2. The number of ether oxygens (including phenoxy) is 2. The van der Waals surface area contributed by atoms with Crippen LogP contribution in [-0.4, -0.2) is 52.5 Å². The van der Waals surface area contributed by atoms with E-state index in [0.717, 1.165) is 21.4 Å². The van der Waals surface area contributed by atoms with Crippen LogP contribution in [0.2, 0.25) is 0 Å². The molecule has 6 rings (SSSR count). The van der Waals surface area contributed by atoms with Crippen molar-refractivity contribution < 1.29 is 30.6 Å². The van der Waals surface area contributed by atoms with Gasteiger partial charge in [0.1, 0.15) is 6.04 Å². The van der Waals surface area contributed by atoms with Crippen LogP contribution in [0.1, 0.15) is 25.6 Å². The van der Waals surface area contributed by atoms with Crippen molar-refractivity contribution in [3.63, 3.8) is 0 Å². The monoisotopic (exact) mass is 427 g/mol. The summed E-state index contributed by atoms with van der Waals surface area (Å²) in [6, 6.07) is 9.76. The third kappa shape index (κ3) is 2.55. The molecule has 0 unspecified atom stereocenters. The number of hydrogen-bond acceptors (Lipinski definition) is 4. The molecule has 1 N–H and O–H groups in total. The van der Waals surface area contributed by atoms with Crippen molar-refractivity contribution in [2.24, 2.45) is 0 Å². The molecule has 3 aromatic rings.